The van der Waals surface area contributed by atoms with E-state index in [4.69, 9.17) is 4.74 Å². The van der Waals surface area contributed by atoms with E-state index in [1.165, 1.54) is 0 Å². The molecule has 0 bridgehead atoms. The topological polar surface area (TPSA) is 56.3 Å². The molecule has 0 spiro atoms. The number of Topliss-reactive ketones (excluding diaryl/α,β-unsaturated/α-hetero) is 1. The maximum Gasteiger partial charge on any atom is 0.339 e. The molecule has 0 aliphatic carbocycles. The fourth-order valence-corrected chi connectivity index (χ4v) is 3.23. The summed E-state index contributed by atoms with van der Waals surface area (Å²) in [6.45, 7) is 1.52. The van der Waals surface area contributed by atoms with Gasteiger partial charge in [0.15, 0.2) is 6.61 Å². The fourth-order valence-electron chi connectivity index (χ4n) is 3.23. The van der Waals surface area contributed by atoms with Gasteiger partial charge in [-0.3, -0.25) is 9.78 Å². The summed E-state index contributed by atoms with van der Waals surface area (Å²) in [7, 11) is 0. The molecule has 132 valence electrons. The van der Waals surface area contributed by atoms with Crippen LogP contribution in [-0.2, 0) is 4.74 Å². The number of carbonyl (C=O) groups is 2. The minimum absolute atomic E-state index is 0.227. The number of esters is 1. The second kappa shape index (κ2) is 7.00. The maximum absolute atomic E-state index is 12.6. The van der Waals surface area contributed by atoms with Gasteiger partial charge in [0.05, 0.1) is 11.1 Å². The van der Waals surface area contributed by atoms with Gasteiger partial charge in [0.1, 0.15) is 0 Å². The summed E-state index contributed by atoms with van der Waals surface area (Å²) in [5.41, 5.74) is 2.42. The molecule has 0 saturated carbocycles. The molecule has 0 unspecified atom stereocenters. The highest BCUT2D eigenvalue weighted by atomic mass is 16.5. The van der Waals surface area contributed by atoms with Crippen molar-refractivity contribution in [3.8, 4) is 0 Å². The van der Waals surface area contributed by atoms with Crippen molar-refractivity contribution in [3.63, 3.8) is 0 Å². The van der Waals surface area contributed by atoms with Crippen LogP contribution in [0.4, 0.5) is 0 Å². The molecule has 4 heteroatoms. The number of benzene rings is 3. The van der Waals surface area contributed by atoms with Crippen molar-refractivity contribution >= 4 is 33.4 Å². The first-order valence-corrected chi connectivity index (χ1v) is 8.68. The number of pyridine rings is 1. The molecule has 0 N–H and O–H groups in total. The van der Waals surface area contributed by atoms with Crippen molar-refractivity contribution in [3.05, 3.63) is 89.6 Å². The lowest BCUT2D eigenvalue weighted by molar-refractivity contribution is 0.0477. The number of nitrogens with zero attached hydrogens (tertiary/aromatic N) is 1. The number of hydrogen-bond donors (Lipinski definition) is 0. The average molecular weight is 355 g/mol. The van der Waals surface area contributed by atoms with Gasteiger partial charge >= 0.3 is 5.97 Å². The molecule has 1 heterocycles. The van der Waals surface area contributed by atoms with Crippen molar-refractivity contribution in [2.45, 2.75) is 6.92 Å². The molecule has 0 radical (unpaired) electrons. The van der Waals surface area contributed by atoms with Gasteiger partial charge in [-0.15, -0.1) is 0 Å². The first kappa shape index (κ1) is 16.9. The van der Waals surface area contributed by atoms with Crippen LogP contribution in [0.5, 0.6) is 0 Å². The van der Waals surface area contributed by atoms with E-state index in [2.05, 4.69) is 4.98 Å². The van der Waals surface area contributed by atoms with E-state index in [0.29, 0.717) is 16.5 Å². The second-order valence-corrected chi connectivity index (χ2v) is 6.35. The van der Waals surface area contributed by atoms with Gasteiger partial charge in [0.2, 0.25) is 5.78 Å². The van der Waals surface area contributed by atoms with Crippen molar-refractivity contribution < 1.29 is 14.3 Å². The van der Waals surface area contributed by atoms with Crippen LogP contribution in [-0.4, -0.2) is 23.3 Å². The van der Waals surface area contributed by atoms with Gasteiger partial charge in [-0.25, -0.2) is 4.79 Å². The monoisotopic (exact) mass is 355 g/mol. The normalized spacial score (nSPS) is 10.9. The molecule has 1 aromatic heterocycles. The highest BCUT2D eigenvalue weighted by Crippen LogP contribution is 2.21. The largest absolute Gasteiger partial charge is 0.454 e. The van der Waals surface area contributed by atoms with E-state index >= 15 is 0 Å². The number of hydrogen-bond acceptors (Lipinski definition) is 4. The predicted octanol–water partition coefficient (Wildman–Crippen LogP) is 4.74. The number of fused-ring (bicyclic) bond motifs is 2. The van der Waals surface area contributed by atoms with Crippen molar-refractivity contribution in [2.75, 3.05) is 6.61 Å². The van der Waals surface area contributed by atoms with Gasteiger partial charge in [-0.1, -0.05) is 60.7 Å². The van der Waals surface area contributed by atoms with E-state index in [1.807, 2.05) is 67.6 Å². The number of ether oxygens (including phenoxy) is 1. The Bertz CT molecular complexity index is 1180. The standard InChI is InChI=1S/C23H17NO3/c1-15-13-20(18-10-4-5-12-21(18)24-15)23(26)27-14-22(25)19-11-6-8-16-7-2-3-9-17(16)19/h2-13H,14H2,1H3. The van der Waals surface area contributed by atoms with Crippen molar-refractivity contribution in [1.29, 1.82) is 0 Å². The fraction of sp³-hybridized carbons (Fsp3) is 0.0870. The van der Waals surface area contributed by atoms with E-state index in [-0.39, 0.29) is 12.4 Å². The number of para-hydroxylation sites is 1. The highest BCUT2D eigenvalue weighted by molar-refractivity contribution is 6.10. The third-order valence-electron chi connectivity index (χ3n) is 4.49. The third kappa shape index (κ3) is 3.29. The Morgan fingerprint density at radius 2 is 1.56 bits per heavy atom. The van der Waals surface area contributed by atoms with Crippen LogP contribution in [0, 0.1) is 6.92 Å². The SMILES string of the molecule is Cc1cc(C(=O)OCC(=O)c2cccc3ccccc23)c2ccccc2n1. The van der Waals surface area contributed by atoms with Gasteiger partial charge in [-0.2, -0.15) is 0 Å². The zero-order valence-corrected chi connectivity index (χ0v) is 14.8. The van der Waals surface area contributed by atoms with E-state index in [9.17, 15) is 9.59 Å². The Balaban J connectivity index is 1.59. The van der Waals surface area contributed by atoms with Crippen molar-refractivity contribution in [2.24, 2.45) is 0 Å². The Morgan fingerprint density at radius 1 is 0.852 bits per heavy atom. The predicted molar refractivity (Wildman–Crippen MR) is 105 cm³/mol. The Morgan fingerprint density at radius 3 is 2.41 bits per heavy atom. The lowest BCUT2D eigenvalue weighted by Crippen LogP contribution is -2.15. The summed E-state index contributed by atoms with van der Waals surface area (Å²) in [5.74, 6) is -0.750. The molecule has 27 heavy (non-hydrogen) atoms. The zero-order chi connectivity index (χ0) is 18.8. The number of rotatable bonds is 4. The lowest BCUT2D eigenvalue weighted by Gasteiger charge is -2.09. The number of aromatic nitrogens is 1. The van der Waals surface area contributed by atoms with Crippen LogP contribution >= 0.6 is 0 Å². The first-order chi connectivity index (χ1) is 13.1. The van der Waals surface area contributed by atoms with Gasteiger partial charge in [-0.05, 0) is 29.8 Å². The molecule has 0 amide bonds. The van der Waals surface area contributed by atoms with Gasteiger partial charge in [0, 0.05) is 16.6 Å². The van der Waals surface area contributed by atoms with Crippen molar-refractivity contribution in [1.82, 2.24) is 4.98 Å². The van der Waals surface area contributed by atoms with Crippen LogP contribution < -0.4 is 0 Å². The molecule has 0 atom stereocenters. The quantitative estimate of drug-likeness (QED) is 0.392. The summed E-state index contributed by atoms with van der Waals surface area (Å²) < 4.78 is 5.34. The van der Waals surface area contributed by atoms with Crippen LogP contribution in [0.3, 0.4) is 0 Å². The second-order valence-electron chi connectivity index (χ2n) is 6.35. The van der Waals surface area contributed by atoms with Crippen LogP contribution in [0.15, 0.2) is 72.8 Å². The molecular formula is C23H17NO3. The molecule has 4 aromatic rings. The highest BCUT2D eigenvalue weighted by Gasteiger charge is 2.16. The van der Waals surface area contributed by atoms with Gasteiger partial charge < -0.3 is 4.74 Å². The number of carbonyl (C=O) groups excluding carboxylic acids is 2. The third-order valence-corrected chi connectivity index (χ3v) is 4.49. The summed E-state index contributed by atoms with van der Waals surface area (Å²) in [5, 5.41) is 2.54. The average Bonchev–Trinajstić information content (AvgIpc) is 2.70. The Hall–Kier alpha value is -3.53. The first-order valence-electron chi connectivity index (χ1n) is 8.68. The smallest absolute Gasteiger partial charge is 0.339 e. The van der Waals surface area contributed by atoms with E-state index in [0.717, 1.165) is 22.0 Å². The molecule has 3 aromatic carbocycles. The number of ketones is 1. The molecule has 4 nitrogen and oxygen atoms in total. The number of aryl methyl sites for hydroxylation is 1. The van der Waals surface area contributed by atoms with Crippen LogP contribution in [0.25, 0.3) is 21.7 Å². The molecule has 0 saturated heterocycles. The summed E-state index contributed by atoms with van der Waals surface area (Å²) in [6, 6.07) is 22.3. The minimum Gasteiger partial charge on any atom is -0.454 e. The van der Waals surface area contributed by atoms with E-state index < -0.39 is 5.97 Å². The van der Waals surface area contributed by atoms with E-state index in [1.54, 1.807) is 12.1 Å². The molecule has 0 fully saturated rings. The minimum atomic E-state index is -0.523. The zero-order valence-electron chi connectivity index (χ0n) is 14.8. The summed E-state index contributed by atoms with van der Waals surface area (Å²) in [6.07, 6.45) is 0. The van der Waals surface area contributed by atoms with Crippen LogP contribution in [0.2, 0.25) is 0 Å². The molecule has 0 aliphatic rings. The lowest BCUT2D eigenvalue weighted by atomic mass is 10.0. The summed E-state index contributed by atoms with van der Waals surface area (Å²) in [4.78, 5) is 29.7. The maximum atomic E-state index is 12.6. The molecular weight excluding hydrogens is 338 g/mol. The van der Waals surface area contributed by atoms with Gasteiger partial charge in [0.25, 0.3) is 0 Å². The molecule has 4 rings (SSSR count). The van der Waals surface area contributed by atoms with Crippen LogP contribution in [0.1, 0.15) is 26.4 Å². The Kier molecular flexibility index (Phi) is 4.38. The summed E-state index contributed by atoms with van der Waals surface area (Å²) >= 11 is 0. The molecule has 0 aliphatic heterocycles. The Labute approximate surface area is 156 Å².